The van der Waals surface area contributed by atoms with Crippen LogP contribution in [0.1, 0.15) is 10.4 Å². The fourth-order valence-corrected chi connectivity index (χ4v) is 3.72. The van der Waals surface area contributed by atoms with Gasteiger partial charge >= 0.3 is 0 Å². The molecule has 0 radical (unpaired) electrons. The minimum Gasteiger partial charge on any atom is -0.350 e. The van der Waals surface area contributed by atoms with Crippen molar-refractivity contribution in [1.29, 1.82) is 0 Å². The molecule has 4 nitrogen and oxygen atoms in total. The quantitative estimate of drug-likeness (QED) is 0.884. The second kappa shape index (κ2) is 6.82. The summed E-state index contributed by atoms with van der Waals surface area (Å²) in [6.45, 7) is 0.311. The molecule has 1 amide bonds. The van der Waals surface area contributed by atoms with Gasteiger partial charge in [-0.05, 0) is 29.1 Å². The molecule has 1 aromatic heterocycles. The number of amides is 1. The minimum absolute atomic E-state index is 0.311. The Hall–Kier alpha value is -1.73. The van der Waals surface area contributed by atoms with E-state index in [1.807, 2.05) is 17.5 Å². The third kappa shape index (κ3) is 5.28. The Bertz CT molecular complexity index is 712. The van der Waals surface area contributed by atoms with Gasteiger partial charge in [-0.25, -0.2) is 12.8 Å². The molecular formula is C14H14FNO3S2. The third-order valence-corrected chi connectivity index (χ3v) is 5.02. The summed E-state index contributed by atoms with van der Waals surface area (Å²) in [5, 5.41) is 4.43. The number of hydrogen-bond acceptors (Lipinski definition) is 4. The number of nitrogens with one attached hydrogen (secondary N) is 1. The Morgan fingerprint density at radius 1 is 1.24 bits per heavy atom. The van der Waals surface area contributed by atoms with E-state index >= 15 is 0 Å². The van der Waals surface area contributed by atoms with Gasteiger partial charge in [0.1, 0.15) is 11.6 Å². The van der Waals surface area contributed by atoms with Crippen LogP contribution < -0.4 is 5.32 Å². The zero-order valence-electron chi connectivity index (χ0n) is 11.1. The maximum atomic E-state index is 13.0. The first-order chi connectivity index (χ1) is 9.94. The molecule has 0 saturated carbocycles. The van der Waals surface area contributed by atoms with E-state index in [9.17, 15) is 17.6 Å². The van der Waals surface area contributed by atoms with Crippen molar-refractivity contribution in [2.24, 2.45) is 0 Å². The summed E-state index contributed by atoms with van der Waals surface area (Å²) in [5.74, 6) is -2.00. The normalized spacial score (nSPS) is 11.3. The molecule has 1 aromatic carbocycles. The molecule has 0 aliphatic rings. The van der Waals surface area contributed by atoms with E-state index in [0.29, 0.717) is 12.1 Å². The summed E-state index contributed by atoms with van der Waals surface area (Å²) in [4.78, 5) is 12.6. The lowest BCUT2D eigenvalue weighted by Gasteiger charge is -2.06. The summed E-state index contributed by atoms with van der Waals surface area (Å²) >= 11 is 1.48. The molecule has 0 bridgehead atoms. The predicted molar refractivity (Wildman–Crippen MR) is 80.1 cm³/mol. The maximum Gasteiger partial charge on any atom is 0.235 e. The van der Waals surface area contributed by atoms with Crippen LogP contribution in [0.25, 0.3) is 0 Å². The van der Waals surface area contributed by atoms with Crippen molar-refractivity contribution in [2.75, 3.05) is 5.75 Å². The molecule has 112 valence electrons. The monoisotopic (exact) mass is 327 g/mol. The summed E-state index contributed by atoms with van der Waals surface area (Å²) in [7, 11) is -3.62. The SMILES string of the molecule is O=C(CS(=O)(=O)Cc1cccc(F)c1)NCc1cccs1. The first-order valence-corrected chi connectivity index (χ1v) is 8.89. The van der Waals surface area contributed by atoms with Gasteiger partial charge in [0.05, 0.1) is 12.3 Å². The van der Waals surface area contributed by atoms with E-state index in [1.165, 1.54) is 29.5 Å². The molecule has 0 unspecified atom stereocenters. The van der Waals surface area contributed by atoms with Crippen molar-refractivity contribution < 1.29 is 17.6 Å². The highest BCUT2D eigenvalue weighted by Gasteiger charge is 2.17. The van der Waals surface area contributed by atoms with Gasteiger partial charge in [0, 0.05) is 4.88 Å². The van der Waals surface area contributed by atoms with Crippen molar-refractivity contribution in [2.45, 2.75) is 12.3 Å². The van der Waals surface area contributed by atoms with Gasteiger partial charge in [0.2, 0.25) is 5.91 Å². The van der Waals surface area contributed by atoms with Gasteiger partial charge in [0.25, 0.3) is 0 Å². The van der Waals surface area contributed by atoms with Crippen molar-refractivity contribution in [3.8, 4) is 0 Å². The topological polar surface area (TPSA) is 63.2 Å². The van der Waals surface area contributed by atoms with Crippen LogP contribution in [0, 0.1) is 5.82 Å². The van der Waals surface area contributed by atoms with Gasteiger partial charge in [-0.1, -0.05) is 18.2 Å². The summed E-state index contributed by atoms with van der Waals surface area (Å²) < 4.78 is 36.8. The van der Waals surface area contributed by atoms with Crippen molar-refractivity contribution in [3.05, 3.63) is 58.0 Å². The zero-order valence-corrected chi connectivity index (χ0v) is 12.7. The van der Waals surface area contributed by atoms with E-state index in [-0.39, 0.29) is 5.75 Å². The molecule has 2 aromatic rings. The average molecular weight is 327 g/mol. The van der Waals surface area contributed by atoms with E-state index in [4.69, 9.17) is 0 Å². The van der Waals surface area contributed by atoms with E-state index in [2.05, 4.69) is 5.32 Å². The van der Waals surface area contributed by atoms with Crippen LogP contribution in [-0.2, 0) is 26.9 Å². The summed E-state index contributed by atoms with van der Waals surface area (Å²) in [6, 6.07) is 9.06. The summed E-state index contributed by atoms with van der Waals surface area (Å²) in [5.41, 5.74) is 0.334. The molecule has 0 spiro atoms. The highest BCUT2D eigenvalue weighted by Crippen LogP contribution is 2.10. The molecule has 0 atom stereocenters. The van der Waals surface area contributed by atoms with E-state index in [0.717, 1.165) is 10.9 Å². The fraction of sp³-hybridized carbons (Fsp3) is 0.214. The molecule has 0 aliphatic heterocycles. The van der Waals surface area contributed by atoms with Crippen LogP contribution in [0.3, 0.4) is 0 Å². The van der Waals surface area contributed by atoms with E-state index < -0.39 is 27.3 Å². The van der Waals surface area contributed by atoms with Gasteiger partial charge in [0.15, 0.2) is 9.84 Å². The van der Waals surface area contributed by atoms with Crippen LogP contribution in [0.5, 0.6) is 0 Å². The van der Waals surface area contributed by atoms with Crippen LogP contribution >= 0.6 is 11.3 Å². The van der Waals surface area contributed by atoms with Gasteiger partial charge in [-0.3, -0.25) is 4.79 Å². The third-order valence-electron chi connectivity index (χ3n) is 2.67. The van der Waals surface area contributed by atoms with Crippen LogP contribution in [0.15, 0.2) is 41.8 Å². The fourth-order valence-electron chi connectivity index (χ4n) is 1.78. The summed E-state index contributed by atoms with van der Waals surface area (Å²) in [6.07, 6.45) is 0. The molecule has 0 aliphatic carbocycles. The first kappa shape index (κ1) is 15.7. The number of carbonyl (C=O) groups excluding carboxylic acids is 1. The lowest BCUT2D eigenvalue weighted by atomic mass is 10.2. The van der Waals surface area contributed by atoms with Crippen LogP contribution in [0.2, 0.25) is 0 Å². The lowest BCUT2D eigenvalue weighted by Crippen LogP contribution is -2.30. The van der Waals surface area contributed by atoms with Crippen molar-refractivity contribution >= 4 is 27.1 Å². The number of carbonyl (C=O) groups is 1. The Kier molecular flexibility index (Phi) is 5.08. The molecule has 0 fully saturated rings. The maximum absolute atomic E-state index is 13.0. The number of sulfone groups is 1. The highest BCUT2D eigenvalue weighted by atomic mass is 32.2. The standard InChI is InChI=1S/C14H14FNO3S2/c15-12-4-1-3-11(7-12)9-21(18,19)10-14(17)16-8-13-5-2-6-20-13/h1-7H,8-10H2,(H,16,17). The molecule has 2 rings (SSSR count). The molecule has 1 N–H and O–H groups in total. The lowest BCUT2D eigenvalue weighted by molar-refractivity contribution is -0.118. The van der Waals surface area contributed by atoms with Crippen molar-refractivity contribution in [3.63, 3.8) is 0 Å². The van der Waals surface area contributed by atoms with Crippen molar-refractivity contribution in [1.82, 2.24) is 5.32 Å². The number of benzene rings is 1. The smallest absolute Gasteiger partial charge is 0.235 e. The zero-order chi connectivity index (χ0) is 15.3. The Morgan fingerprint density at radius 3 is 2.71 bits per heavy atom. The highest BCUT2D eigenvalue weighted by molar-refractivity contribution is 7.91. The Labute approximate surface area is 126 Å². The van der Waals surface area contributed by atoms with E-state index in [1.54, 1.807) is 0 Å². The van der Waals surface area contributed by atoms with Gasteiger partial charge in [-0.2, -0.15) is 0 Å². The molecular weight excluding hydrogens is 313 g/mol. The van der Waals surface area contributed by atoms with Gasteiger partial charge < -0.3 is 5.32 Å². The van der Waals surface area contributed by atoms with Crippen LogP contribution in [-0.4, -0.2) is 20.1 Å². The molecule has 1 heterocycles. The second-order valence-electron chi connectivity index (χ2n) is 4.52. The molecule has 21 heavy (non-hydrogen) atoms. The number of halogens is 1. The largest absolute Gasteiger partial charge is 0.350 e. The first-order valence-electron chi connectivity index (χ1n) is 6.18. The molecule has 7 heteroatoms. The number of hydrogen-bond donors (Lipinski definition) is 1. The Balaban J connectivity index is 1.89. The second-order valence-corrected chi connectivity index (χ2v) is 7.61. The Morgan fingerprint density at radius 2 is 2.05 bits per heavy atom. The average Bonchev–Trinajstić information content (AvgIpc) is 2.88. The number of rotatable bonds is 6. The minimum atomic E-state index is -3.62. The number of thiophene rings is 1. The van der Waals surface area contributed by atoms with Crippen LogP contribution in [0.4, 0.5) is 4.39 Å². The predicted octanol–water partition coefficient (Wildman–Crippen LogP) is 2.12. The van der Waals surface area contributed by atoms with Gasteiger partial charge in [-0.15, -0.1) is 11.3 Å². The molecule has 0 saturated heterocycles.